The summed E-state index contributed by atoms with van der Waals surface area (Å²) in [6, 6.07) is 7.35. The Hall–Kier alpha value is -2.04. The summed E-state index contributed by atoms with van der Waals surface area (Å²) in [5.74, 6) is 0.499. The van der Waals surface area contributed by atoms with Gasteiger partial charge in [-0.05, 0) is 18.6 Å². The van der Waals surface area contributed by atoms with Gasteiger partial charge in [-0.3, -0.25) is 9.59 Å². The van der Waals surface area contributed by atoms with Gasteiger partial charge in [-0.25, -0.2) is 0 Å². The summed E-state index contributed by atoms with van der Waals surface area (Å²) in [7, 11) is 1.35. The van der Waals surface area contributed by atoms with E-state index < -0.39 is 0 Å². The van der Waals surface area contributed by atoms with E-state index in [9.17, 15) is 9.59 Å². The van der Waals surface area contributed by atoms with Crippen LogP contribution in [0.5, 0.6) is 5.75 Å². The number of amides is 1. The summed E-state index contributed by atoms with van der Waals surface area (Å²) in [6.45, 7) is 1.02. The van der Waals surface area contributed by atoms with E-state index in [4.69, 9.17) is 4.74 Å². The number of anilines is 1. The maximum Gasteiger partial charge on any atom is 0.308 e. The Morgan fingerprint density at radius 1 is 1.42 bits per heavy atom. The largest absolute Gasteiger partial charge is 0.493 e. The molecule has 1 aliphatic heterocycles. The fourth-order valence-corrected chi connectivity index (χ4v) is 2.02. The Morgan fingerprint density at radius 3 is 2.95 bits per heavy atom. The average Bonchev–Trinajstić information content (AvgIpc) is 2.85. The molecule has 102 valence electrons. The van der Waals surface area contributed by atoms with Crippen LogP contribution in [0.3, 0.4) is 0 Å². The molecule has 0 unspecified atom stereocenters. The predicted molar refractivity (Wildman–Crippen MR) is 70.2 cm³/mol. The lowest BCUT2D eigenvalue weighted by atomic mass is 10.3. The highest BCUT2D eigenvalue weighted by molar-refractivity contribution is 5.95. The molecule has 0 N–H and O–H groups in total. The lowest BCUT2D eigenvalue weighted by Gasteiger charge is -2.16. The summed E-state index contributed by atoms with van der Waals surface area (Å²) in [6.07, 6.45) is 1.71. The second kappa shape index (κ2) is 6.22. The Kier molecular flexibility index (Phi) is 4.39. The number of methoxy groups -OCH3 is 1. The van der Waals surface area contributed by atoms with E-state index in [1.54, 1.807) is 11.0 Å². The molecule has 0 atom stereocenters. The number of nitrogens with zero attached hydrogens (tertiary/aromatic N) is 1. The van der Waals surface area contributed by atoms with Gasteiger partial charge in [0.2, 0.25) is 5.91 Å². The first kappa shape index (κ1) is 13.4. The summed E-state index contributed by atoms with van der Waals surface area (Å²) in [5.41, 5.74) is 0.845. The number of carbonyl (C=O) groups is 2. The second-order valence-electron chi connectivity index (χ2n) is 4.32. The van der Waals surface area contributed by atoms with Gasteiger partial charge >= 0.3 is 5.97 Å². The fraction of sp³-hybridized carbons (Fsp3) is 0.429. The maximum atomic E-state index is 11.7. The summed E-state index contributed by atoms with van der Waals surface area (Å²) in [5, 5.41) is 0. The molecule has 1 heterocycles. The second-order valence-corrected chi connectivity index (χ2v) is 4.32. The highest BCUT2D eigenvalue weighted by atomic mass is 16.5. The van der Waals surface area contributed by atoms with Crippen molar-refractivity contribution in [3.8, 4) is 5.75 Å². The van der Waals surface area contributed by atoms with Crippen molar-refractivity contribution in [3.63, 3.8) is 0 Å². The fourth-order valence-electron chi connectivity index (χ4n) is 2.02. The topological polar surface area (TPSA) is 55.8 Å². The summed E-state index contributed by atoms with van der Waals surface area (Å²) < 4.78 is 10.0. The van der Waals surface area contributed by atoms with Crippen molar-refractivity contribution in [2.75, 3.05) is 25.2 Å². The van der Waals surface area contributed by atoms with Gasteiger partial charge < -0.3 is 14.4 Å². The Morgan fingerprint density at radius 2 is 2.26 bits per heavy atom. The number of esters is 1. The molecule has 1 aromatic rings. The van der Waals surface area contributed by atoms with Crippen molar-refractivity contribution in [2.24, 2.45) is 0 Å². The van der Waals surface area contributed by atoms with Crippen LogP contribution in [0.4, 0.5) is 5.69 Å². The van der Waals surface area contributed by atoms with Gasteiger partial charge in [-0.1, -0.05) is 6.07 Å². The molecule has 19 heavy (non-hydrogen) atoms. The summed E-state index contributed by atoms with van der Waals surface area (Å²) in [4.78, 5) is 24.4. The maximum absolute atomic E-state index is 11.7. The minimum absolute atomic E-state index is 0.145. The van der Waals surface area contributed by atoms with Crippen LogP contribution >= 0.6 is 0 Å². The highest BCUT2D eigenvalue weighted by Crippen LogP contribution is 2.25. The van der Waals surface area contributed by atoms with Gasteiger partial charge in [0.25, 0.3) is 0 Å². The van der Waals surface area contributed by atoms with E-state index in [-0.39, 0.29) is 24.9 Å². The van der Waals surface area contributed by atoms with Crippen LogP contribution in [0.1, 0.15) is 19.3 Å². The molecule has 0 spiro atoms. The van der Waals surface area contributed by atoms with E-state index in [2.05, 4.69) is 4.74 Å². The smallest absolute Gasteiger partial charge is 0.308 e. The zero-order chi connectivity index (χ0) is 13.7. The van der Waals surface area contributed by atoms with Gasteiger partial charge in [-0.15, -0.1) is 0 Å². The molecule has 0 radical (unpaired) electrons. The van der Waals surface area contributed by atoms with Crippen molar-refractivity contribution in [1.82, 2.24) is 0 Å². The van der Waals surface area contributed by atoms with Gasteiger partial charge in [0.1, 0.15) is 5.75 Å². The predicted octanol–water partition coefficient (Wildman–Crippen LogP) is 1.76. The van der Waals surface area contributed by atoms with Crippen LogP contribution in [-0.4, -0.2) is 32.1 Å². The van der Waals surface area contributed by atoms with E-state index >= 15 is 0 Å². The minimum Gasteiger partial charge on any atom is -0.493 e. The van der Waals surface area contributed by atoms with E-state index in [1.165, 1.54) is 7.11 Å². The molecule has 1 amide bonds. The van der Waals surface area contributed by atoms with Gasteiger partial charge in [-0.2, -0.15) is 0 Å². The van der Waals surface area contributed by atoms with Gasteiger partial charge in [0, 0.05) is 24.7 Å². The normalized spacial score (nSPS) is 14.6. The van der Waals surface area contributed by atoms with E-state index in [0.29, 0.717) is 12.2 Å². The molecule has 1 saturated heterocycles. The first-order valence-corrected chi connectivity index (χ1v) is 6.31. The first-order valence-electron chi connectivity index (χ1n) is 6.31. The standard InChI is InChI=1S/C14H17NO4/c1-18-14(17)7-9-19-12-5-2-4-11(10-12)15-8-3-6-13(15)16/h2,4-5,10H,3,6-9H2,1H3. The molecular weight excluding hydrogens is 246 g/mol. The zero-order valence-electron chi connectivity index (χ0n) is 10.9. The molecule has 2 rings (SSSR count). The highest BCUT2D eigenvalue weighted by Gasteiger charge is 2.21. The molecule has 1 aromatic carbocycles. The average molecular weight is 263 g/mol. The van der Waals surface area contributed by atoms with Crippen LogP contribution in [0.2, 0.25) is 0 Å². The third-order valence-electron chi connectivity index (χ3n) is 3.01. The van der Waals surface area contributed by atoms with E-state index in [1.807, 2.05) is 18.2 Å². The van der Waals surface area contributed by atoms with Gasteiger partial charge in [0.05, 0.1) is 20.1 Å². The van der Waals surface area contributed by atoms with Gasteiger partial charge in [0.15, 0.2) is 0 Å². The van der Waals surface area contributed by atoms with Crippen molar-refractivity contribution in [1.29, 1.82) is 0 Å². The Labute approximate surface area is 112 Å². The molecule has 0 saturated carbocycles. The molecule has 0 aromatic heterocycles. The van der Waals surface area contributed by atoms with Crippen molar-refractivity contribution in [2.45, 2.75) is 19.3 Å². The first-order chi connectivity index (χ1) is 9.20. The zero-order valence-corrected chi connectivity index (χ0v) is 10.9. The monoisotopic (exact) mass is 263 g/mol. The number of rotatable bonds is 5. The minimum atomic E-state index is -0.300. The lowest BCUT2D eigenvalue weighted by molar-refractivity contribution is -0.141. The molecular formula is C14H17NO4. The molecule has 0 aliphatic carbocycles. The molecule has 5 nitrogen and oxygen atoms in total. The number of hydrogen-bond acceptors (Lipinski definition) is 4. The summed E-state index contributed by atoms with van der Waals surface area (Å²) >= 11 is 0. The SMILES string of the molecule is COC(=O)CCOc1cccc(N2CCCC2=O)c1. The molecule has 1 aliphatic rings. The van der Waals surface area contributed by atoms with Crippen molar-refractivity contribution >= 4 is 17.6 Å². The van der Waals surface area contributed by atoms with Crippen LogP contribution in [-0.2, 0) is 14.3 Å². The molecule has 0 bridgehead atoms. The number of ether oxygens (including phenoxy) is 2. The van der Waals surface area contributed by atoms with E-state index in [0.717, 1.165) is 18.7 Å². The number of benzene rings is 1. The van der Waals surface area contributed by atoms with Crippen LogP contribution in [0, 0.1) is 0 Å². The van der Waals surface area contributed by atoms with Crippen LogP contribution in [0.15, 0.2) is 24.3 Å². The third kappa shape index (κ3) is 3.47. The van der Waals surface area contributed by atoms with Crippen molar-refractivity contribution < 1.29 is 19.1 Å². The molecule has 5 heteroatoms. The Bertz CT molecular complexity index is 472. The van der Waals surface area contributed by atoms with Crippen molar-refractivity contribution in [3.05, 3.63) is 24.3 Å². The van der Waals surface area contributed by atoms with Crippen LogP contribution in [0.25, 0.3) is 0 Å². The number of carbonyl (C=O) groups excluding carboxylic acids is 2. The quantitative estimate of drug-likeness (QED) is 0.759. The number of hydrogen-bond donors (Lipinski definition) is 0. The third-order valence-corrected chi connectivity index (χ3v) is 3.01. The lowest BCUT2D eigenvalue weighted by Crippen LogP contribution is -2.23. The van der Waals surface area contributed by atoms with Crippen LogP contribution < -0.4 is 9.64 Å². The Balaban J connectivity index is 1.95. The molecule has 1 fully saturated rings.